The standard InChI is InChI=1S/C21H25FN10O12P2/c1-6-12-11(33)14(20(41-12)31-4-27-9-15(23)25-3-26-16(9)31)44-45(35,36)39-2-7-8(22)13(43-46(37,38)42-6)19(40-7)32-5-28-10-17(32)29-21(24)30-18(10)34/h3-8,11-14,19-20,33H,2H2,1H3,(H,35,36)(H,37,38)(H2,23,25,26)(H3,24,29,30,34)/t6-,7+,8+,11+,12+,13+,14+,19+,20+/m0/s1. The molecule has 8 N–H and O–H groups in total. The van der Waals surface area contributed by atoms with E-state index in [-0.39, 0.29) is 34.1 Å². The van der Waals surface area contributed by atoms with Gasteiger partial charge in [0.25, 0.3) is 5.56 Å². The normalized spacial score (nSPS) is 38.8. The van der Waals surface area contributed by atoms with Crippen molar-refractivity contribution in [3.05, 3.63) is 29.3 Å². The van der Waals surface area contributed by atoms with Gasteiger partial charge in [0.1, 0.15) is 42.4 Å². The number of ether oxygens (including phenoxy) is 2. The number of aliphatic hydroxyl groups is 1. The molecule has 3 saturated heterocycles. The average molecular weight is 690 g/mol. The van der Waals surface area contributed by atoms with Crippen LogP contribution < -0.4 is 17.0 Å². The van der Waals surface area contributed by atoms with Crippen molar-refractivity contribution in [1.82, 2.24) is 39.0 Å². The van der Waals surface area contributed by atoms with Crippen LogP contribution in [0.25, 0.3) is 22.3 Å². The number of nitrogens with two attached hydrogens (primary N) is 2. The van der Waals surface area contributed by atoms with Gasteiger partial charge in [-0.2, -0.15) is 4.98 Å². The van der Waals surface area contributed by atoms with Crippen LogP contribution in [0.15, 0.2) is 23.8 Å². The van der Waals surface area contributed by atoms with Crippen LogP contribution in [0.3, 0.4) is 0 Å². The van der Waals surface area contributed by atoms with Gasteiger partial charge in [0, 0.05) is 0 Å². The molecule has 0 amide bonds. The number of nitrogen functional groups attached to an aromatic ring is 2. The fraction of sp³-hybridized carbons (Fsp3) is 0.524. The number of nitrogens with zero attached hydrogens (tertiary/aromatic N) is 7. The molecule has 11 atom stereocenters. The summed E-state index contributed by atoms with van der Waals surface area (Å²) in [7, 11) is -10.4. The van der Waals surface area contributed by atoms with Crippen LogP contribution in [0, 0.1) is 0 Å². The van der Waals surface area contributed by atoms with E-state index in [9.17, 15) is 28.8 Å². The Kier molecular flexibility index (Phi) is 7.49. The lowest BCUT2D eigenvalue weighted by Gasteiger charge is -2.28. The summed E-state index contributed by atoms with van der Waals surface area (Å²) in [6.07, 6.45) is -12.2. The van der Waals surface area contributed by atoms with Crippen molar-refractivity contribution in [1.29, 1.82) is 0 Å². The molecule has 4 aromatic heterocycles. The Morgan fingerprint density at radius 1 is 0.935 bits per heavy atom. The molecule has 0 radical (unpaired) electrons. The molecule has 248 valence electrons. The van der Waals surface area contributed by atoms with Crippen molar-refractivity contribution in [3.8, 4) is 0 Å². The van der Waals surface area contributed by atoms with Crippen LogP contribution in [0.1, 0.15) is 19.4 Å². The minimum atomic E-state index is -5.23. The minimum Gasteiger partial charge on any atom is -0.387 e. The lowest BCUT2D eigenvalue weighted by atomic mass is 10.1. The van der Waals surface area contributed by atoms with E-state index in [1.807, 2.05) is 0 Å². The first-order chi connectivity index (χ1) is 21.7. The maximum Gasteiger partial charge on any atom is 0.473 e. The summed E-state index contributed by atoms with van der Waals surface area (Å²) in [6.45, 7) is 0.268. The highest BCUT2D eigenvalue weighted by atomic mass is 31.2. The Morgan fingerprint density at radius 3 is 2.37 bits per heavy atom. The van der Waals surface area contributed by atoms with Crippen LogP contribution in [0.5, 0.6) is 0 Å². The van der Waals surface area contributed by atoms with Gasteiger partial charge >= 0.3 is 15.6 Å². The fourth-order valence-electron chi connectivity index (χ4n) is 5.55. The van der Waals surface area contributed by atoms with Gasteiger partial charge in [-0.1, -0.05) is 0 Å². The summed E-state index contributed by atoms with van der Waals surface area (Å²) >= 11 is 0. The third-order valence-electron chi connectivity index (χ3n) is 7.58. The average Bonchev–Trinajstić information content (AvgIpc) is 3.73. The van der Waals surface area contributed by atoms with Crippen LogP contribution >= 0.6 is 15.6 Å². The van der Waals surface area contributed by atoms with E-state index in [1.54, 1.807) is 0 Å². The van der Waals surface area contributed by atoms with E-state index >= 15 is 4.39 Å². The molecule has 0 aliphatic carbocycles. The number of aliphatic hydroxyl groups excluding tert-OH is 1. The Balaban J connectivity index is 1.25. The summed E-state index contributed by atoms with van der Waals surface area (Å²) in [6, 6.07) is 0. The molecule has 0 spiro atoms. The molecule has 7 heterocycles. The second kappa shape index (κ2) is 11.1. The Morgan fingerprint density at radius 2 is 1.61 bits per heavy atom. The Bertz CT molecular complexity index is 1980. The lowest BCUT2D eigenvalue weighted by Crippen LogP contribution is -2.40. The summed E-state index contributed by atoms with van der Waals surface area (Å²) in [4.78, 5) is 55.9. The molecular formula is C21H25FN10O12P2. The molecule has 25 heteroatoms. The number of phosphoric acid groups is 2. The third-order valence-corrected chi connectivity index (χ3v) is 9.67. The molecule has 2 unspecified atom stereocenters. The molecular weight excluding hydrogens is 665 g/mol. The van der Waals surface area contributed by atoms with E-state index in [1.165, 1.54) is 17.8 Å². The number of aromatic nitrogens is 8. The number of fused-ring (bicyclic) bond motifs is 6. The van der Waals surface area contributed by atoms with Crippen molar-refractivity contribution >= 4 is 49.7 Å². The summed E-state index contributed by atoms with van der Waals surface area (Å²) < 4.78 is 77.2. The summed E-state index contributed by atoms with van der Waals surface area (Å²) in [5.41, 5.74) is 10.6. The highest BCUT2D eigenvalue weighted by Gasteiger charge is 2.56. The molecule has 4 aromatic rings. The van der Waals surface area contributed by atoms with Gasteiger partial charge in [0.2, 0.25) is 5.95 Å². The monoisotopic (exact) mass is 690 g/mol. The van der Waals surface area contributed by atoms with Crippen molar-refractivity contribution < 1.29 is 56.0 Å². The number of hydrogen-bond donors (Lipinski definition) is 6. The van der Waals surface area contributed by atoms with Gasteiger partial charge in [-0.15, -0.1) is 0 Å². The SMILES string of the molecule is C[C@@H]1OP(=O)(O)O[C@@H]2[C@H](F)[C@@H](COP(=O)(O)O[C@@H]3[C@H](O)[C@@H]1O[C@H]3n1cnc3c(N)ncnc31)O[C@H]2n1cnc2c(=O)[nH]c(N)nc21. The van der Waals surface area contributed by atoms with E-state index in [4.69, 9.17) is 39.0 Å². The molecule has 3 aliphatic heterocycles. The van der Waals surface area contributed by atoms with Crippen LogP contribution in [0.2, 0.25) is 0 Å². The van der Waals surface area contributed by atoms with Crippen molar-refractivity contribution in [2.45, 2.75) is 62.2 Å². The fourth-order valence-corrected chi connectivity index (χ4v) is 7.60. The van der Waals surface area contributed by atoms with E-state index < -0.39 is 83.1 Å². The van der Waals surface area contributed by atoms with Crippen molar-refractivity contribution in [2.75, 3.05) is 18.1 Å². The van der Waals surface area contributed by atoms with Gasteiger partial charge in [-0.3, -0.25) is 37.0 Å². The maximum absolute atomic E-state index is 15.9. The first-order valence-corrected chi connectivity index (χ1v) is 16.4. The predicted octanol–water partition coefficient (Wildman–Crippen LogP) is -0.976. The number of hydrogen-bond acceptors (Lipinski definition) is 17. The number of nitrogens with one attached hydrogen (secondary N) is 1. The van der Waals surface area contributed by atoms with E-state index in [2.05, 4.69) is 29.9 Å². The maximum atomic E-state index is 15.9. The van der Waals surface area contributed by atoms with Gasteiger partial charge < -0.3 is 35.8 Å². The second-order valence-electron chi connectivity index (χ2n) is 10.5. The van der Waals surface area contributed by atoms with E-state index in [0.29, 0.717) is 0 Å². The zero-order valence-electron chi connectivity index (χ0n) is 23.2. The highest BCUT2D eigenvalue weighted by molar-refractivity contribution is 7.47. The largest absolute Gasteiger partial charge is 0.473 e. The minimum absolute atomic E-state index is 0.00446. The van der Waals surface area contributed by atoms with Crippen LogP contribution in [-0.4, -0.2) is 103 Å². The first kappa shape index (κ1) is 31.1. The molecule has 46 heavy (non-hydrogen) atoms. The number of H-pyrrole nitrogens is 1. The number of rotatable bonds is 2. The molecule has 3 fully saturated rings. The van der Waals surface area contributed by atoms with Gasteiger partial charge in [0.15, 0.2) is 41.3 Å². The van der Waals surface area contributed by atoms with Crippen molar-refractivity contribution in [3.63, 3.8) is 0 Å². The number of imidazole rings is 2. The summed E-state index contributed by atoms with van der Waals surface area (Å²) in [5, 5.41) is 11.2. The van der Waals surface area contributed by atoms with Crippen LogP contribution in [-0.2, 0) is 36.7 Å². The third kappa shape index (κ3) is 5.28. The number of aromatic amines is 1. The molecule has 0 aromatic carbocycles. The van der Waals surface area contributed by atoms with Gasteiger partial charge in [0.05, 0.1) is 25.4 Å². The molecule has 4 bridgehead atoms. The van der Waals surface area contributed by atoms with Crippen LogP contribution in [0.4, 0.5) is 16.2 Å². The summed E-state index contributed by atoms with van der Waals surface area (Å²) in [5.74, 6) is -0.315. The molecule has 0 saturated carbocycles. The highest BCUT2D eigenvalue weighted by Crippen LogP contribution is 2.55. The quantitative estimate of drug-likeness (QED) is 0.138. The molecule has 3 aliphatic rings. The number of halogens is 1. The number of phosphoric ester groups is 2. The predicted molar refractivity (Wildman–Crippen MR) is 147 cm³/mol. The Labute approximate surface area is 254 Å². The van der Waals surface area contributed by atoms with E-state index in [0.717, 1.165) is 17.2 Å². The second-order valence-corrected chi connectivity index (χ2v) is 13.3. The van der Waals surface area contributed by atoms with Gasteiger partial charge in [-0.25, -0.2) is 33.5 Å². The lowest BCUT2D eigenvalue weighted by molar-refractivity contribution is -0.0855. The molecule has 7 rings (SSSR count). The Hall–Kier alpha value is -3.47. The topological polar surface area (TPSA) is 309 Å². The molecule has 22 nitrogen and oxygen atoms in total. The number of anilines is 2. The van der Waals surface area contributed by atoms with Gasteiger partial charge in [-0.05, 0) is 6.92 Å². The smallest absolute Gasteiger partial charge is 0.387 e. The van der Waals surface area contributed by atoms with Crippen molar-refractivity contribution in [2.24, 2.45) is 0 Å². The first-order valence-electron chi connectivity index (χ1n) is 13.4. The zero-order valence-corrected chi connectivity index (χ0v) is 25.0. The number of alkyl halides is 1. The zero-order chi connectivity index (χ0) is 32.7.